The summed E-state index contributed by atoms with van der Waals surface area (Å²) in [6.07, 6.45) is -4.41. The molecule has 1 heterocycles. The molecule has 0 aromatic carbocycles. The van der Waals surface area contributed by atoms with E-state index in [1.54, 1.807) is 0 Å². The molecule has 11 heavy (non-hydrogen) atoms. The number of nitrogen functional groups attached to an aromatic ring is 1. The van der Waals surface area contributed by atoms with Crippen LogP contribution in [0.2, 0.25) is 0 Å². The van der Waals surface area contributed by atoms with Crippen molar-refractivity contribution in [2.45, 2.75) is 13.1 Å². The second-order valence-electron chi connectivity index (χ2n) is 2.11. The van der Waals surface area contributed by atoms with Crippen LogP contribution in [-0.4, -0.2) is 9.89 Å². The summed E-state index contributed by atoms with van der Waals surface area (Å²) in [5, 5.41) is 3.05. The fourth-order valence-electron chi connectivity index (χ4n) is 0.626. The number of nitrogens with zero attached hydrogens (tertiary/aromatic N) is 2. The number of alkyl halides is 3. The highest BCUT2D eigenvalue weighted by Crippen LogP contribution is 2.27. The van der Waals surface area contributed by atoms with Gasteiger partial charge in [0.1, 0.15) is 0 Å². The molecule has 6 heteroatoms. The van der Waals surface area contributed by atoms with Gasteiger partial charge in [-0.25, -0.2) is 0 Å². The summed E-state index contributed by atoms with van der Waals surface area (Å²) in [6, 6.07) is 0.889. The van der Waals surface area contributed by atoms with Crippen LogP contribution < -0.4 is 5.84 Å². The average molecular weight is 165 g/mol. The van der Waals surface area contributed by atoms with E-state index in [0.717, 1.165) is 6.07 Å². The monoisotopic (exact) mass is 165 g/mol. The Balaban J connectivity index is 3.08. The number of nitrogens with two attached hydrogens (primary N) is 1. The zero-order chi connectivity index (χ0) is 8.65. The van der Waals surface area contributed by atoms with Crippen molar-refractivity contribution in [3.05, 3.63) is 17.5 Å². The van der Waals surface area contributed by atoms with E-state index in [1.165, 1.54) is 6.92 Å². The first-order valence-corrected chi connectivity index (χ1v) is 2.80. The summed E-state index contributed by atoms with van der Waals surface area (Å²) in [5.41, 5.74) is -0.685. The molecule has 1 aromatic heterocycles. The lowest BCUT2D eigenvalue weighted by Crippen LogP contribution is -2.14. The predicted molar refractivity (Wildman–Crippen MR) is 32.1 cm³/mol. The van der Waals surface area contributed by atoms with Crippen molar-refractivity contribution in [2.24, 2.45) is 0 Å². The lowest BCUT2D eigenvalue weighted by Gasteiger charge is -1.98. The Morgan fingerprint density at radius 3 is 2.27 bits per heavy atom. The largest absolute Gasteiger partial charge is 0.435 e. The van der Waals surface area contributed by atoms with Crippen molar-refractivity contribution in [1.82, 2.24) is 9.89 Å². The van der Waals surface area contributed by atoms with Gasteiger partial charge in [-0.3, -0.25) is 0 Å². The lowest BCUT2D eigenvalue weighted by atomic mass is 10.4. The standard InChI is InChI=1S/C5H6F3N3/c1-3-2-4(5(6,7)8)10-11(3)9/h2H,9H2,1H3. The molecule has 1 rings (SSSR count). The molecule has 0 spiro atoms. The molecule has 0 amide bonds. The van der Waals surface area contributed by atoms with Crippen LogP contribution in [0.4, 0.5) is 13.2 Å². The molecular formula is C5H6F3N3. The Morgan fingerprint density at radius 1 is 1.55 bits per heavy atom. The van der Waals surface area contributed by atoms with Gasteiger partial charge in [0, 0.05) is 0 Å². The maximum Gasteiger partial charge on any atom is 0.435 e. The van der Waals surface area contributed by atoms with E-state index in [-0.39, 0.29) is 5.69 Å². The molecule has 0 radical (unpaired) electrons. The zero-order valence-electron chi connectivity index (χ0n) is 5.68. The van der Waals surface area contributed by atoms with E-state index in [1.807, 2.05) is 0 Å². The summed E-state index contributed by atoms with van der Waals surface area (Å²) in [6.45, 7) is 1.45. The van der Waals surface area contributed by atoms with Crippen molar-refractivity contribution in [3.63, 3.8) is 0 Å². The summed E-state index contributed by atoms with van der Waals surface area (Å²) in [5.74, 6) is 5.04. The van der Waals surface area contributed by atoms with E-state index in [4.69, 9.17) is 5.84 Å². The van der Waals surface area contributed by atoms with Crippen molar-refractivity contribution in [1.29, 1.82) is 0 Å². The first-order chi connectivity index (χ1) is 4.91. The number of aromatic nitrogens is 2. The van der Waals surface area contributed by atoms with E-state index in [2.05, 4.69) is 5.10 Å². The minimum Gasteiger partial charge on any atom is -0.323 e. The highest BCUT2D eigenvalue weighted by atomic mass is 19.4. The van der Waals surface area contributed by atoms with Gasteiger partial charge in [0.25, 0.3) is 0 Å². The number of halogens is 3. The van der Waals surface area contributed by atoms with Crippen LogP contribution in [0.5, 0.6) is 0 Å². The highest BCUT2D eigenvalue weighted by molar-refractivity contribution is 5.11. The van der Waals surface area contributed by atoms with E-state index < -0.39 is 11.9 Å². The Bertz CT molecular complexity index is 243. The van der Waals surface area contributed by atoms with Gasteiger partial charge >= 0.3 is 6.18 Å². The first kappa shape index (κ1) is 7.90. The predicted octanol–water partition coefficient (Wildman–Crippen LogP) is 0.924. The quantitative estimate of drug-likeness (QED) is 0.581. The SMILES string of the molecule is Cc1cc(C(F)(F)F)nn1N. The second-order valence-corrected chi connectivity index (χ2v) is 2.11. The Labute approximate surface area is 60.6 Å². The minimum atomic E-state index is -4.41. The van der Waals surface area contributed by atoms with Crippen LogP contribution in [0.25, 0.3) is 0 Å². The molecule has 1 aromatic rings. The molecule has 0 atom stereocenters. The minimum absolute atomic E-state index is 0.275. The van der Waals surface area contributed by atoms with Crippen LogP contribution >= 0.6 is 0 Å². The van der Waals surface area contributed by atoms with Gasteiger partial charge in [-0.05, 0) is 13.0 Å². The maximum absolute atomic E-state index is 11.8. The Kier molecular flexibility index (Phi) is 1.54. The van der Waals surface area contributed by atoms with E-state index in [9.17, 15) is 13.2 Å². The molecule has 0 unspecified atom stereocenters. The smallest absolute Gasteiger partial charge is 0.323 e. The Morgan fingerprint density at radius 2 is 2.09 bits per heavy atom. The lowest BCUT2D eigenvalue weighted by molar-refractivity contribution is -0.141. The molecule has 0 fully saturated rings. The molecule has 3 nitrogen and oxygen atoms in total. The Hall–Kier alpha value is -1.20. The van der Waals surface area contributed by atoms with Crippen LogP contribution in [-0.2, 0) is 6.18 Å². The number of rotatable bonds is 0. The number of aryl methyl sites for hydroxylation is 1. The third-order valence-electron chi connectivity index (χ3n) is 1.21. The maximum atomic E-state index is 11.8. The molecule has 62 valence electrons. The fourth-order valence-corrected chi connectivity index (χ4v) is 0.626. The molecule has 0 saturated carbocycles. The first-order valence-electron chi connectivity index (χ1n) is 2.80. The molecule has 2 N–H and O–H groups in total. The van der Waals surface area contributed by atoms with Gasteiger partial charge < -0.3 is 5.84 Å². The van der Waals surface area contributed by atoms with Gasteiger partial charge in [-0.2, -0.15) is 18.0 Å². The summed E-state index contributed by atoms with van der Waals surface area (Å²) >= 11 is 0. The number of hydrogen-bond donors (Lipinski definition) is 1. The van der Waals surface area contributed by atoms with Crippen LogP contribution in [0.1, 0.15) is 11.4 Å². The van der Waals surface area contributed by atoms with Crippen LogP contribution in [0.3, 0.4) is 0 Å². The second kappa shape index (κ2) is 2.14. The summed E-state index contributed by atoms with van der Waals surface area (Å²) < 4.78 is 35.5. The fraction of sp³-hybridized carbons (Fsp3) is 0.400. The van der Waals surface area contributed by atoms with Gasteiger partial charge in [0.05, 0.1) is 5.69 Å². The molecule has 0 bridgehead atoms. The molecular weight excluding hydrogens is 159 g/mol. The van der Waals surface area contributed by atoms with Crippen molar-refractivity contribution < 1.29 is 13.2 Å². The highest BCUT2D eigenvalue weighted by Gasteiger charge is 2.34. The van der Waals surface area contributed by atoms with Crippen molar-refractivity contribution >= 4 is 0 Å². The topological polar surface area (TPSA) is 43.8 Å². The van der Waals surface area contributed by atoms with Gasteiger partial charge in [0.15, 0.2) is 5.69 Å². The number of hydrogen-bond acceptors (Lipinski definition) is 2. The van der Waals surface area contributed by atoms with Gasteiger partial charge in [-0.15, -0.1) is 5.10 Å². The van der Waals surface area contributed by atoms with Crippen molar-refractivity contribution in [3.8, 4) is 0 Å². The van der Waals surface area contributed by atoms with Crippen LogP contribution in [0, 0.1) is 6.92 Å². The van der Waals surface area contributed by atoms with Gasteiger partial charge in [-0.1, -0.05) is 0 Å². The van der Waals surface area contributed by atoms with Crippen LogP contribution in [0.15, 0.2) is 6.07 Å². The van der Waals surface area contributed by atoms with E-state index >= 15 is 0 Å². The van der Waals surface area contributed by atoms with Gasteiger partial charge in [0.2, 0.25) is 0 Å². The summed E-state index contributed by atoms with van der Waals surface area (Å²) in [7, 11) is 0. The molecule has 0 aliphatic heterocycles. The third-order valence-corrected chi connectivity index (χ3v) is 1.21. The normalized spacial score (nSPS) is 12.0. The summed E-state index contributed by atoms with van der Waals surface area (Å²) in [4.78, 5) is 0.697. The molecule has 0 saturated heterocycles. The molecule has 0 aliphatic carbocycles. The third kappa shape index (κ3) is 1.44. The average Bonchev–Trinajstić information content (AvgIpc) is 2.11. The van der Waals surface area contributed by atoms with Crippen molar-refractivity contribution in [2.75, 3.05) is 5.84 Å². The zero-order valence-corrected chi connectivity index (χ0v) is 5.68. The molecule has 0 aliphatic rings. The van der Waals surface area contributed by atoms with E-state index in [0.29, 0.717) is 4.79 Å².